The first-order valence-corrected chi connectivity index (χ1v) is 5.16. The monoisotopic (exact) mass is 245 g/mol. The number of hydrogen-bond acceptors (Lipinski definition) is 5. The summed E-state index contributed by atoms with van der Waals surface area (Å²) in [6, 6.07) is 0. The fraction of sp³-hybridized carbons (Fsp3) is 0. The Morgan fingerprint density at radius 1 is 1.29 bits per heavy atom. The summed E-state index contributed by atoms with van der Waals surface area (Å²) in [5.74, 6) is 1.10. The third-order valence-electron chi connectivity index (χ3n) is 2.29. The molecule has 3 aromatic rings. The van der Waals surface area contributed by atoms with E-state index in [1.165, 1.54) is 6.33 Å². The molecule has 3 rings (SSSR count). The Kier molecular flexibility index (Phi) is 2.08. The SMILES string of the molecule is NC(=S)c1nccn1-c1ncnc2nc[nH]c12. The summed E-state index contributed by atoms with van der Waals surface area (Å²) in [5.41, 5.74) is 6.89. The van der Waals surface area contributed by atoms with Gasteiger partial charge in [0.2, 0.25) is 0 Å². The number of nitrogens with two attached hydrogens (primary N) is 1. The van der Waals surface area contributed by atoms with E-state index in [0.717, 1.165) is 0 Å². The molecule has 0 bridgehead atoms. The molecular formula is C9H7N7S. The lowest BCUT2D eigenvalue weighted by atomic mass is 10.4. The van der Waals surface area contributed by atoms with Crippen molar-refractivity contribution in [3.8, 4) is 5.82 Å². The predicted octanol–water partition coefficient (Wildman–Crippen LogP) is 0.173. The number of hydrogen-bond donors (Lipinski definition) is 2. The van der Waals surface area contributed by atoms with Gasteiger partial charge in [0.25, 0.3) is 0 Å². The smallest absolute Gasteiger partial charge is 0.182 e. The van der Waals surface area contributed by atoms with Crippen LogP contribution in [-0.4, -0.2) is 34.5 Å². The van der Waals surface area contributed by atoms with Gasteiger partial charge in [-0.05, 0) is 0 Å². The fourth-order valence-electron chi connectivity index (χ4n) is 1.59. The average molecular weight is 245 g/mol. The van der Waals surface area contributed by atoms with Gasteiger partial charge in [-0.25, -0.2) is 19.9 Å². The van der Waals surface area contributed by atoms with E-state index < -0.39 is 0 Å². The maximum absolute atomic E-state index is 5.59. The van der Waals surface area contributed by atoms with Crippen LogP contribution in [0.5, 0.6) is 0 Å². The Morgan fingerprint density at radius 2 is 2.18 bits per heavy atom. The summed E-state index contributed by atoms with van der Waals surface area (Å²) in [6.07, 6.45) is 6.33. The highest BCUT2D eigenvalue weighted by molar-refractivity contribution is 7.80. The minimum atomic E-state index is 0.210. The van der Waals surface area contributed by atoms with Crippen molar-refractivity contribution in [1.29, 1.82) is 0 Å². The normalized spacial score (nSPS) is 10.8. The van der Waals surface area contributed by atoms with Crippen LogP contribution in [0.1, 0.15) is 5.82 Å². The number of H-pyrrole nitrogens is 1. The number of fused-ring (bicyclic) bond motifs is 1. The van der Waals surface area contributed by atoms with Gasteiger partial charge in [0, 0.05) is 12.4 Å². The van der Waals surface area contributed by atoms with Crippen LogP contribution in [0, 0.1) is 0 Å². The summed E-state index contributed by atoms with van der Waals surface area (Å²) in [4.78, 5) is 19.6. The first-order valence-electron chi connectivity index (χ1n) is 4.75. The van der Waals surface area contributed by atoms with Crippen molar-refractivity contribution in [2.75, 3.05) is 0 Å². The van der Waals surface area contributed by atoms with E-state index >= 15 is 0 Å². The van der Waals surface area contributed by atoms with E-state index in [4.69, 9.17) is 18.0 Å². The first-order chi connectivity index (χ1) is 8.27. The van der Waals surface area contributed by atoms with Crippen LogP contribution in [0.4, 0.5) is 0 Å². The Balaban J connectivity index is 2.30. The van der Waals surface area contributed by atoms with Gasteiger partial charge in [-0.3, -0.25) is 4.57 Å². The Hall–Kier alpha value is -2.35. The van der Waals surface area contributed by atoms with Crippen LogP contribution in [-0.2, 0) is 0 Å². The van der Waals surface area contributed by atoms with E-state index in [9.17, 15) is 0 Å². The third kappa shape index (κ3) is 1.46. The molecule has 0 amide bonds. The second-order valence-corrected chi connectivity index (χ2v) is 3.72. The molecule has 0 saturated carbocycles. The molecule has 7 nitrogen and oxygen atoms in total. The molecule has 0 aliphatic carbocycles. The van der Waals surface area contributed by atoms with Crippen LogP contribution in [0.3, 0.4) is 0 Å². The van der Waals surface area contributed by atoms with Crippen molar-refractivity contribution in [3.05, 3.63) is 30.9 Å². The molecule has 0 saturated heterocycles. The lowest BCUT2D eigenvalue weighted by molar-refractivity contribution is 0.973. The molecule has 0 aliphatic heterocycles. The first kappa shape index (κ1) is 9.85. The summed E-state index contributed by atoms with van der Waals surface area (Å²) >= 11 is 4.93. The molecular weight excluding hydrogens is 238 g/mol. The zero-order valence-electron chi connectivity index (χ0n) is 8.53. The van der Waals surface area contributed by atoms with Gasteiger partial charge in [0.15, 0.2) is 17.3 Å². The highest BCUT2D eigenvalue weighted by Gasteiger charge is 2.12. The summed E-state index contributed by atoms with van der Waals surface area (Å²) < 4.78 is 1.70. The van der Waals surface area contributed by atoms with Crippen molar-refractivity contribution in [2.45, 2.75) is 0 Å². The maximum Gasteiger partial charge on any atom is 0.182 e. The van der Waals surface area contributed by atoms with Crippen LogP contribution in [0.2, 0.25) is 0 Å². The zero-order valence-corrected chi connectivity index (χ0v) is 9.35. The minimum Gasteiger partial charge on any atom is -0.387 e. The van der Waals surface area contributed by atoms with Gasteiger partial charge in [-0.15, -0.1) is 0 Å². The van der Waals surface area contributed by atoms with Crippen LogP contribution >= 0.6 is 12.2 Å². The molecule has 0 aromatic carbocycles. The summed E-state index contributed by atoms with van der Waals surface area (Å²) in [5, 5.41) is 0. The van der Waals surface area contributed by atoms with Gasteiger partial charge in [0.1, 0.15) is 16.8 Å². The molecule has 3 aromatic heterocycles. The standard InChI is InChI=1S/C9H7N7S/c10-6(17)9-11-1-2-16(9)8-5-7(13-3-12-5)14-4-15-8/h1-4H,(H2,10,17)(H,12,13,14,15). The molecule has 0 spiro atoms. The maximum atomic E-state index is 5.59. The minimum absolute atomic E-state index is 0.210. The molecule has 3 N–H and O–H groups in total. The highest BCUT2D eigenvalue weighted by Crippen LogP contribution is 2.15. The summed E-state index contributed by atoms with van der Waals surface area (Å²) in [7, 11) is 0. The van der Waals surface area contributed by atoms with Gasteiger partial charge >= 0.3 is 0 Å². The summed E-state index contributed by atoms with van der Waals surface area (Å²) in [6.45, 7) is 0. The molecule has 8 heteroatoms. The Bertz CT molecular complexity index is 698. The van der Waals surface area contributed by atoms with Crippen LogP contribution in [0.25, 0.3) is 17.0 Å². The molecule has 0 atom stereocenters. The second-order valence-electron chi connectivity index (χ2n) is 3.28. The van der Waals surface area contributed by atoms with Crippen molar-refractivity contribution < 1.29 is 0 Å². The van der Waals surface area contributed by atoms with E-state index in [1.807, 2.05) is 0 Å². The molecule has 3 heterocycles. The van der Waals surface area contributed by atoms with Gasteiger partial charge < -0.3 is 10.7 Å². The molecule has 0 unspecified atom stereocenters. The number of nitrogens with one attached hydrogen (secondary N) is 1. The molecule has 84 valence electrons. The van der Waals surface area contributed by atoms with Crippen molar-refractivity contribution >= 4 is 28.4 Å². The molecule has 0 aliphatic rings. The number of aromatic amines is 1. The molecule has 0 fully saturated rings. The number of aromatic nitrogens is 6. The van der Waals surface area contributed by atoms with Gasteiger partial charge in [-0.2, -0.15) is 0 Å². The van der Waals surface area contributed by atoms with Crippen molar-refractivity contribution in [2.24, 2.45) is 5.73 Å². The molecule has 0 radical (unpaired) electrons. The predicted molar refractivity (Wildman–Crippen MR) is 64.7 cm³/mol. The number of imidazole rings is 2. The van der Waals surface area contributed by atoms with Gasteiger partial charge in [-0.1, -0.05) is 12.2 Å². The van der Waals surface area contributed by atoms with E-state index in [2.05, 4.69) is 24.9 Å². The Morgan fingerprint density at radius 3 is 3.00 bits per heavy atom. The van der Waals surface area contributed by atoms with E-state index in [-0.39, 0.29) is 4.99 Å². The quantitative estimate of drug-likeness (QED) is 0.625. The lowest BCUT2D eigenvalue weighted by Gasteiger charge is -2.05. The molecule has 17 heavy (non-hydrogen) atoms. The second kappa shape index (κ2) is 3.59. The average Bonchev–Trinajstić information content (AvgIpc) is 2.97. The number of nitrogens with zero attached hydrogens (tertiary/aromatic N) is 5. The zero-order chi connectivity index (χ0) is 11.8. The van der Waals surface area contributed by atoms with Crippen molar-refractivity contribution in [1.82, 2.24) is 29.5 Å². The fourth-order valence-corrected chi connectivity index (χ4v) is 1.74. The topological polar surface area (TPSA) is 98.3 Å². The third-order valence-corrected chi connectivity index (χ3v) is 2.47. The van der Waals surface area contributed by atoms with E-state index in [0.29, 0.717) is 22.8 Å². The largest absolute Gasteiger partial charge is 0.387 e. The number of thiocarbonyl (C=S) groups is 1. The van der Waals surface area contributed by atoms with Crippen LogP contribution < -0.4 is 5.73 Å². The highest BCUT2D eigenvalue weighted by atomic mass is 32.1. The lowest BCUT2D eigenvalue weighted by Crippen LogP contribution is -2.16. The Labute approximate surface area is 101 Å². The van der Waals surface area contributed by atoms with Crippen LogP contribution in [0.15, 0.2) is 25.0 Å². The van der Waals surface area contributed by atoms with Gasteiger partial charge in [0.05, 0.1) is 6.33 Å². The van der Waals surface area contributed by atoms with Crippen molar-refractivity contribution in [3.63, 3.8) is 0 Å². The van der Waals surface area contributed by atoms with E-state index in [1.54, 1.807) is 23.3 Å². The number of rotatable bonds is 2.